The van der Waals surface area contributed by atoms with E-state index in [1.54, 1.807) is 0 Å². The van der Waals surface area contributed by atoms with Crippen LogP contribution in [0, 0.1) is 11.6 Å². The third-order valence-corrected chi connectivity index (χ3v) is 2.38. The minimum atomic E-state index is -0.970. The summed E-state index contributed by atoms with van der Waals surface area (Å²) in [5, 5.41) is 9.41. The Hall–Kier alpha value is -1.26. The Kier molecular flexibility index (Phi) is 2.54. The van der Waals surface area contributed by atoms with Crippen LogP contribution in [0.15, 0.2) is 18.2 Å². The number of hydrogen-bond acceptors (Lipinski definition) is 2. The van der Waals surface area contributed by atoms with Gasteiger partial charge in [-0.3, -0.25) is 0 Å². The Bertz CT molecular complexity index is 530. The molecule has 15 heavy (non-hydrogen) atoms. The Morgan fingerprint density at radius 2 is 1.87 bits per heavy atom. The molecular formula is C10H6ClF2NO. The van der Waals surface area contributed by atoms with Crippen molar-refractivity contribution < 1.29 is 13.9 Å². The van der Waals surface area contributed by atoms with Crippen molar-refractivity contribution in [3.8, 4) is 0 Å². The lowest BCUT2D eigenvalue weighted by Gasteiger charge is -2.03. The van der Waals surface area contributed by atoms with Gasteiger partial charge >= 0.3 is 0 Å². The van der Waals surface area contributed by atoms with Crippen molar-refractivity contribution in [2.75, 3.05) is 0 Å². The SMILES string of the molecule is OCc1cc2cc(F)c(F)cc2nc1Cl. The van der Waals surface area contributed by atoms with Crippen LogP contribution in [0.4, 0.5) is 8.78 Å². The molecule has 1 N–H and O–H groups in total. The zero-order valence-electron chi connectivity index (χ0n) is 7.47. The van der Waals surface area contributed by atoms with Crippen molar-refractivity contribution >= 4 is 22.5 Å². The van der Waals surface area contributed by atoms with Gasteiger partial charge in [-0.15, -0.1) is 0 Å². The Morgan fingerprint density at radius 3 is 2.53 bits per heavy atom. The Balaban J connectivity index is 2.76. The van der Waals surface area contributed by atoms with E-state index in [4.69, 9.17) is 16.7 Å². The van der Waals surface area contributed by atoms with Crippen molar-refractivity contribution in [3.63, 3.8) is 0 Å². The summed E-state index contributed by atoms with van der Waals surface area (Å²) in [6.07, 6.45) is 0. The molecule has 0 fully saturated rings. The van der Waals surface area contributed by atoms with Gasteiger partial charge in [0.15, 0.2) is 11.6 Å². The van der Waals surface area contributed by atoms with Crippen molar-refractivity contribution in [2.45, 2.75) is 6.61 Å². The van der Waals surface area contributed by atoms with Crippen LogP contribution < -0.4 is 0 Å². The second kappa shape index (κ2) is 3.72. The van der Waals surface area contributed by atoms with Gasteiger partial charge in [-0.1, -0.05) is 11.6 Å². The largest absolute Gasteiger partial charge is 0.392 e. The summed E-state index contributed by atoms with van der Waals surface area (Å²) in [6, 6.07) is 3.47. The second-order valence-electron chi connectivity index (χ2n) is 3.06. The monoisotopic (exact) mass is 229 g/mol. The molecule has 0 spiro atoms. The third kappa shape index (κ3) is 1.78. The first-order chi connectivity index (χ1) is 7.11. The van der Waals surface area contributed by atoms with E-state index in [0.717, 1.165) is 12.1 Å². The molecule has 0 amide bonds. The van der Waals surface area contributed by atoms with Crippen LogP contribution in [0.25, 0.3) is 10.9 Å². The average molecular weight is 230 g/mol. The highest BCUT2D eigenvalue weighted by Crippen LogP contribution is 2.22. The number of halogens is 3. The fourth-order valence-electron chi connectivity index (χ4n) is 1.30. The van der Waals surface area contributed by atoms with E-state index < -0.39 is 11.6 Å². The number of aliphatic hydroxyl groups is 1. The predicted molar refractivity (Wildman–Crippen MR) is 52.6 cm³/mol. The van der Waals surface area contributed by atoms with E-state index >= 15 is 0 Å². The minimum absolute atomic E-state index is 0.0935. The lowest BCUT2D eigenvalue weighted by Crippen LogP contribution is -1.92. The van der Waals surface area contributed by atoms with Crippen molar-refractivity contribution in [1.29, 1.82) is 0 Å². The quantitative estimate of drug-likeness (QED) is 0.763. The van der Waals surface area contributed by atoms with Crippen LogP contribution in [-0.2, 0) is 6.61 Å². The molecule has 1 aromatic carbocycles. The summed E-state index contributed by atoms with van der Waals surface area (Å²) in [5.41, 5.74) is 0.645. The second-order valence-corrected chi connectivity index (χ2v) is 3.41. The molecule has 2 rings (SSSR count). The van der Waals surface area contributed by atoms with Gasteiger partial charge in [0.2, 0.25) is 0 Å². The van der Waals surface area contributed by atoms with E-state index in [2.05, 4.69) is 4.98 Å². The summed E-state index contributed by atoms with van der Waals surface area (Å²) in [5.74, 6) is -1.92. The van der Waals surface area contributed by atoms with Crippen LogP contribution >= 0.6 is 11.6 Å². The summed E-state index contributed by atoms with van der Waals surface area (Å²) < 4.78 is 25.7. The Morgan fingerprint density at radius 1 is 1.20 bits per heavy atom. The molecule has 0 radical (unpaired) electrons. The lowest BCUT2D eigenvalue weighted by atomic mass is 10.1. The zero-order valence-corrected chi connectivity index (χ0v) is 8.22. The van der Waals surface area contributed by atoms with Gasteiger partial charge in [-0.05, 0) is 12.1 Å². The first-order valence-electron chi connectivity index (χ1n) is 4.17. The van der Waals surface area contributed by atoms with Gasteiger partial charge in [0.1, 0.15) is 5.15 Å². The maximum Gasteiger partial charge on any atom is 0.161 e. The molecule has 2 nitrogen and oxygen atoms in total. The van der Waals surface area contributed by atoms with Crippen LogP contribution in [0.2, 0.25) is 5.15 Å². The predicted octanol–water partition coefficient (Wildman–Crippen LogP) is 2.66. The number of aliphatic hydroxyl groups excluding tert-OH is 1. The van der Waals surface area contributed by atoms with Gasteiger partial charge < -0.3 is 5.11 Å². The maximum absolute atomic E-state index is 12.9. The zero-order chi connectivity index (χ0) is 11.0. The molecule has 0 saturated heterocycles. The highest BCUT2D eigenvalue weighted by atomic mass is 35.5. The number of nitrogens with zero attached hydrogens (tertiary/aromatic N) is 1. The van der Waals surface area contributed by atoms with Gasteiger partial charge in [0, 0.05) is 17.0 Å². The number of pyridine rings is 1. The normalized spacial score (nSPS) is 10.9. The molecule has 0 aliphatic heterocycles. The third-order valence-electron chi connectivity index (χ3n) is 2.05. The molecule has 0 aliphatic carbocycles. The molecule has 78 valence electrons. The minimum Gasteiger partial charge on any atom is -0.392 e. The van der Waals surface area contributed by atoms with E-state index in [-0.39, 0.29) is 17.3 Å². The lowest BCUT2D eigenvalue weighted by molar-refractivity contribution is 0.281. The van der Waals surface area contributed by atoms with Crippen molar-refractivity contribution in [3.05, 3.63) is 40.6 Å². The molecule has 0 unspecified atom stereocenters. The molecule has 2 aromatic rings. The van der Waals surface area contributed by atoms with Gasteiger partial charge in [0.05, 0.1) is 12.1 Å². The van der Waals surface area contributed by atoms with Crippen LogP contribution in [-0.4, -0.2) is 10.1 Å². The topological polar surface area (TPSA) is 33.1 Å². The highest BCUT2D eigenvalue weighted by molar-refractivity contribution is 6.30. The molecule has 1 heterocycles. The maximum atomic E-state index is 12.9. The summed E-state index contributed by atoms with van der Waals surface area (Å²) in [4.78, 5) is 3.85. The number of rotatable bonds is 1. The molecule has 0 aliphatic rings. The standard InChI is InChI=1S/C10H6ClF2NO/c11-10-6(4-15)1-5-2-7(12)8(13)3-9(5)14-10/h1-3,15H,4H2. The van der Waals surface area contributed by atoms with E-state index in [0.29, 0.717) is 10.9 Å². The first-order valence-corrected chi connectivity index (χ1v) is 4.54. The molecule has 0 saturated carbocycles. The van der Waals surface area contributed by atoms with E-state index in [9.17, 15) is 8.78 Å². The van der Waals surface area contributed by atoms with Gasteiger partial charge in [-0.2, -0.15) is 0 Å². The van der Waals surface area contributed by atoms with Crippen LogP contribution in [0.1, 0.15) is 5.56 Å². The fourth-order valence-corrected chi connectivity index (χ4v) is 1.51. The molecule has 0 atom stereocenters. The highest BCUT2D eigenvalue weighted by Gasteiger charge is 2.08. The Labute approximate surface area is 89.1 Å². The van der Waals surface area contributed by atoms with E-state index in [1.807, 2.05) is 0 Å². The number of aromatic nitrogens is 1. The first kappa shape index (κ1) is 10.3. The van der Waals surface area contributed by atoms with Gasteiger partial charge in [0.25, 0.3) is 0 Å². The van der Waals surface area contributed by atoms with Crippen molar-refractivity contribution in [2.24, 2.45) is 0 Å². The summed E-state index contributed by atoms with van der Waals surface area (Å²) in [7, 11) is 0. The van der Waals surface area contributed by atoms with Gasteiger partial charge in [-0.25, -0.2) is 13.8 Å². The molecule has 5 heteroatoms. The fraction of sp³-hybridized carbons (Fsp3) is 0.100. The van der Waals surface area contributed by atoms with E-state index in [1.165, 1.54) is 6.07 Å². The smallest absolute Gasteiger partial charge is 0.161 e. The number of benzene rings is 1. The summed E-state index contributed by atoms with van der Waals surface area (Å²) >= 11 is 5.71. The molecule has 1 aromatic heterocycles. The number of fused-ring (bicyclic) bond motifs is 1. The number of hydrogen-bond donors (Lipinski definition) is 1. The molecule has 0 bridgehead atoms. The average Bonchev–Trinajstić information content (AvgIpc) is 2.20. The molecular weight excluding hydrogens is 224 g/mol. The van der Waals surface area contributed by atoms with Crippen LogP contribution in [0.3, 0.4) is 0 Å². The summed E-state index contributed by atoms with van der Waals surface area (Å²) in [6.45, 7) is -0.291. The van der Waals surface area contributed by atoms with Crippen molar-refractivity contribution in [1.82, 2.24) is 4.98 Å². The van der Waals surface area contributed by atoms with Crippen LogP contribution in [0.5, 0.6) is 0 Å².